The van der Waals surface area contributed by atoms with Crippen molar-refractivity contribution in [1.29, 1.82) is 0 Å². The third-order valence-electron chi connectivity index (χ3n) is 3.76. The molecule has 1 aliphatic rings. The fourth-order valence-electron chi connectivity index (χ4n) is 2.54. The average Bonchev–Trinajstić information content (AvgIpc) is 2.34. The van der Waals surface area contributed by atoms with Gasteiger partial charge < -0.3 is 10.2 Å². The van der Waals surface area contributed by atoms with Crippen molar-refractivity contribution in [3.05, 3.63) is 41.2 Å². The molecule has 2 rings (SSSR count). The number of hydrogen-bond donors (Lipinski definition) is 2. The van der Waals surface area contributed by atoms with E-state index < -0.39 is 5.97 Å². The molecule has 1 aromatic rings. The summed E-state index contributed by atoms with van der Waals surface area (Å²) in [5, 5.41) is 17.8. The van der Waals surface area contributed by atoms with Gasteiger partial charge in [0.15, 0.2) is 0 Å². The van der Waals surface area contributed by atoms with E-state index in [0.717, 1.165) is 24.5 Å². The number of carbonyl (C=O) groups is 1. The van der Waals surface area contributed by atoms with E-state index in [1.54, 1.807) is 6.07 Å². The monoisotopic (exact) mass is 293 g/mol. The van der Waals surface area contributed by atoms with Crippen molar-refractivity contribution in [3.8, 4) is 0 Å². The normalized spacial score (nSPS) is 15.6. The van der Waals surface area contributed by atoms with E-state index in [4.69, 9.17) is 10.2 Å². The summed E-state index contributed by atoms with van der Waals surface area (Å²) in [5.74, 6) is -1.44. The second-order valence-electron chi connectivity index (χ2n) is 5.34. The zero-order valence-corrected chi connectivity index (χ0v) is 11.8. The summed E-state index contributed by atoms with van der Waals surface area (Å²) in [4.78, 5) is 12.7. The third-order valence-corrected chi connectivity index (χ3v) is 3.76. The molecule has 0 saturated heterocycles. The number of halogens is 1. The van der Waals surface area contributed by atoms with Gasteiger partial charge in [0.1, 0.15) is 5.82 Å². The van der Waals surface area contributed by atoms with Crippen LogP contribution in [-0.2, 0) is 11.3 Å². The van der Waals surface area contributed by atoms with Crippen LogP contribution in [0.25, 0.3) is 6.08 Å². The molecule has 114 valence electrons. The average molecular weight is 293 g/mol. The van der Waals surface area contributed by atoms with Crippen molar-refractivity contribution in [1.82, 2.24) is 4.90 Å². The van der Waals surface area contributed by atoms with Crippen LogP contribution < -0.4 is 0 Å². The quantitative estimate of drug-likeness (QED) is 0.757. The van der Waals surface area contributed by atoms with Crippen molar-refractivity contribution in [2.75, 3.05) is 13.2 Å². The topological polar surface area (TPSA) is 60.8 Å². The van der Waals surface area contributed by atoms with Gasteiger partial charge in [0.05, 0.1) is 6.61 Å². The molecule has 5 heteroatoms. The standard InChI is InChI=1S/C16H20FNO3/c17-14-9-12(4-5-16(20)21)8-13(10-14)11-18(6-7-19)15-2-1-3-15/h4-5,8-10,15,19H,1-3,6-7,11H2,(H,20,21)/b5-4+. The van der Waals surface area contributed by atoms with Crippen molar-refractivity contribution in [3.63, 3.8) is 0 Å². The van der Waals surface area contributed by atoms with Crippen LogP contribution in [-0.4, -0.2) is 40.3 Å². The molecular weight excluding hydrogens is 273 g/mol. The zero-order valence-electron chi connectivity index (χ0n) is 11.8. The van der Waals surface area contributed by atoms with Gasteiger partial charge in [-0.05, 0) is 42.2 Å². The molecule has 0 bridgehead atoms. The largest absolute Gasteiger partial charge is 0.478 e. The van der Waals surface area contributed by atoms with Crippen LogP contribution in [0.3, 0.4) is 0 Å². The third kappa shape index (κ3) is 4.65. The summed E-state index contributed by atoms with van der Waals surface area (Å²) in [7, 11) is 0. The molecule has 0 aliphatic heterocycles. The highest BCUT2D eigenvalue weighted by Gasteiger charge is 2.24. The van der Waals surface area contributed by atoms with Crippen LogP contribution in [0.1, 0.15) is 30.4 Å². The minimum atomic E-state index is -1.06. The van der Waals surface area contributed by atoms with Crippen molar-refractivity contribution in [2.45, 2.75) is 31.8 Å². The Kier molecular flexibility index (Phi) is 5.47. The van der Waals surface area contributed by atoms with Crippen molar-refractivity contribution < 1.29 is 19.4 Å². The van der Waals surface area contributed by atoms with E-state index >= 15 is 0 Å². The van der Waals surface area contributed by atoms with Crippen molar-refractivity contribution >= 4 is 12.0 Å². The summed E-state index contributed by atoms with van der Waals surface area (Å²) < 4.78 is 13.6. The van der Waals surface area contributed by atoms with Gasteiger partial charge in [-0.2, -0.15) is 0 Å². The molecule has 0 spiro atoms. The minimum absolute atomic E-state index is 0.0809. The van der Waals surface area contributed by atoms with Crippen LogP contribution in [0, 0.1) is 5.82 Å². The molecular formula is C16H20FNO3. The number of nitrogens with zero attached hydrogens (tertiary/aromatic N) is 1. The Hall–Kier alpha value is -1.72. The SMILES string of the molecule is O=C(O)/C=C/c1cc(F)cc(CN(CCO)C2CCC2)c1. The van der Waals surface area contributed by atoms with Gasteiger partial charge in [-0.15, -0.1) is 0 Å². The number of rotatable bonds is 7. The first-order chi connectivity index (χ1) is 10.1. The predicted molar refractivity (Wildman–Crippen MR) is 78.2 cm³/mol. The fourth-order valence-corrected chi connectivity index (χ4v) is 2.54. The lowest BCUT2D eigenvalue weighted by atomic mass is 9.91. The van der Waals surface area contributed by atoms with Gasteiger partial charge in [-0.3, -0.25) is 4.90 Å². The highest BCUT2D eigenvalue weighted by atomic mass is 19.1. The Morgan fingerprint density at radius 2 is 2.14 bits per heavy atom. The zero-order chi connectivity index (χ0) is 15.2. The highest BCUT2D eigenvalue weighted by molar-refractivity contribution is 5.85. The number of aliphatic hydroxyl groups excluding tert-OH is 1. The first-order valence-electron chi connectivity index (χ1n) is 7.14. The second-order valence-corrected chi connectivity index (χ2v) is 5.34. The summed E-state index contributed by atoms with van der Waals surface area (Å²) in [6.07, 6.45) is 5.80. The number of hydrogen-bond acceptors (Lipinski definition) is 3. The lowest BCUT2D eigenvalue weighted by Crippen LogP contribution is -2.41. The lowest BCUT2D eigenvalue weighted by Gasteiger charge is -2.37. The summed E-state index contributed by atoms with van der Waals surface area (Å²) in [6, 6.07) is 5.01. The molecule has 0 amide bonds. The molecule has 21 heavy (non-hydrogen) atoms. The predicted octanol–water partition coefficient (Wildman–Crippen LogP) is 2.27. The molecule has 1 fully saturated rings. The molecule has 1 aromatic carbocycles. The van der Waals surface area contributed by atoms with Gasteiger partial charge in [0, 0.05) is 25.2 Å². The van der Waals surface area contributed by atoms with Gasteiger partial charge in [-0.1, -0.05) is 12.5 Å². The number of carboxylic acid groups (broad SMARTS) is 1. The Bertz CT molecular complexity index is 526. The molecule has 0 heterocycles. The maximum absolute atomic E-state index is 13.6. The Morgan fingerprint density at radius 3 is 2.71 bits per heavy atom. The van der Waals surface area contributed by atoms with E-state index in [1.807, 2.05) is 0 Å². The van der Waals surface area contributed by atoms with Crippen LogP contribution in [0.4, 0.5) is 4.39 Å². The first kappa shape index (κ1) is 15.7. The summed E-state index contributed by atoms with van der Waals surface area (Å²) in [5.41, 5.74) is 1.32. The molecule has 4 nitrogen and oxygen atoms in total. The van der Waals surface area contributed by atoms with E-state index in [2.05, 4.69) is 4.90 Å². The van der Waals surface area contributed by atoms with Gasteiger partial charge in [0.25, 0.3) is 0 Å². The maximum Gasteiger partial charge on any atom is 0.328 e. The van der Waals surface area contributed by atoms with Crippen LogP contribution >= 0.6 is 0 Å². The first-order valence-corrected chi connectivity index (χ1v) is 7.14. The Labute approximate surface area is 123 Å². The summed E-state index contributed by atoms with van der Waals surface area (Å²) >= 11 is 0. The Balaban J connectivity index is 2.12. The molecule has 0 atom stereocenters. The van der Waals surface area contributed by atoms with Crippen molar-refractivity contribution in [2.24, 2.45) is 0 Å². The van der Waals surface area contributed by atoms with E-state index in [0.29, 0.717) is 24.7 Å². The number of aliphatic hydroxyl groups is 1. The fraction of sp³-hybridized carbons (Fsp3) is 0.438. The maximum atomic E-state index is 13.6. The smallest absolute Gasteiger partial charge is 0.328 e. The Morgan fingerprint density at radius 1 is 1.38 bits per heavy atom. The van der Waals surface area contributed by atoms with Crippen LogP contribution in [0.2, 0.25) is 0 Å². The van der Waals surface area contributed by atoms with Crippen LogP contribution in [0.5, 0.6) is 0 Å². The lowest BCUT2D eigenvalue weighted by molar-refractivity contribution is -0.131. The molecule has 0 aromatic heterocycles. The molecule has 0 unspecified atom stereocenters. The number of benzene rings is 1. The van der Waals surface area contributed by atoms with Gasteiger partial charge >= 0.3 is 5.97 Å². The van der Waals surface area contributed by atoms with Gasteiger partial charge in [0.2, 0.25) is 0 Å². The summed E-state index contributed by atoms with van der Waals surface area (Å²) in [6.45, 7) is 1.22. The van der Waals surface area contributed by atoms with Crippen LogP contribution in [0.15, 0.2) is 24.3 Å². The van der Waals surface area contributed by atoms with E-state index in [-0.39, 0.29) is 12.4 Å². The number of carboxylic acids is 1. The highest BCUT2D eigenvalue weighted by Crippen LogP contribution is 2.26. The van der Waals surface area contributed by atoms with E-state index in [9.17, 15) is 9.18 Å². The van der Waals surface area contributed by atoms with E-state index in [1.165, 1.54) is 24.6 Å². The molecule has 1 saturated carbocycles. The molecule has 2 N–H and O–H groups in total. The molecule has 0 radical (unpaired) electrons. The van der Waals surface area contributed by atoms with Gasteiger partial charge in [-0.25, -0.2) is 9.18 Å². The molecule has 1 aliphatic carbocycles. The number of aliphatic carboxylic acids is 1. The second kappa shape index (κ2) is 7.33. The minimum Gasteiger partial charge on any atom is -0.478 e.